The molecule has 7 N–H and O–H groups in total. The molecule has 1 fully saturated rings. The Labute approximate surface area is 251 Å². The molecule has 4 amide bonds. The molecule has 0 unspecified atom stereocenters. The molecule has 226 valence electrons. The van der Waals surface area contributed by atoms with Crippen LogP contribution in [0.25, 0.3) is 0 Å². The van der Waals surface area contributed by atoms with E-state index in [0.29, 0.717) is 19.4 Å². The maximum absolute atomic E-state index is 13.7. The van der Waals surface area contributed by atoms with Gasteiger partial charge < -0.3 is 32.1 Å². The van der Waals surface area contributed by atoms with Gasteiger partial charge in [-0.25, -0.2) is 0 Å². The van der Waals surface area contributed by atoms with E-state index in [1.54, 1.807) is 12.1 Å². The predicted octanol–water partition coefficient (Wildman–Crippen LogP) is 1.75. The fraction of sp³-hybridized carbons (Fsp3) is 0.333. The normalized spacial score (nSPS) is 17.3. The number of hydrogen-bond donors (Lipinski definition) is 5. The van der Waals surface area contributed by atoms with Gasteiger partial charge in [0.15, 0.2) is 0 Å². The van der Waals surface area contributed by atoms with Crippen molar-refractivity contribution in [1.29, 1.82) is 0 Å². The highest BCUT2D eigenvalue weighted by molar-refractivity contribution is 5.95. The van der Waals surface area contributed by atoms with Crippen molar-refractivity contribution in [2.75, 3.05) is 6.54 Å². The summed E-state index contributed by atoms with van der Waals surface area (Å²) in [5.41, 5.74) is 14.3. The largest absolute Gasteiger partial charge is 0.508 e. The van der Waals surface area contributed by atoms with E-state index in [4.69, 9.17) is 11.5 Å². The smallest absolute Gasteiger partial charge is 0.243 e. The van der Waals surface area contributed by atoms with Crippen molar-refractivity contribution in [1.82, 2.24) is 15.5 Å². The van der Waals surface area contributed by atoms with Crippen molar-refractivity contribution >= 4 is 23.6 Å². The van der Waals surface area contributed by atoms with E-state index < -0.39 is 47.8 Å². The lowest BCUT2D eigenvalue weighted by Gasteiger charge is -2.31. The van der Waals surface area contributed by atoms with Crippen LogP contribution < -0.4 is 22.1 Å². The number of nitrogens with one attached hydrogen (secondary N) is 2. The third-order valence-corrected chi connectivity index (χ3v) is 7.90. The number of carbonyl (C=O) groups excluding carboxylic acids is 4. The van der Waals surface area contributed by atoms with Gasteiger partial charge in [0.25, 0.3) is 0 Å². The number of carbonyl (C=O) groups is 4. The minimum Gasteiger partial charge on any atom is -0.508 e. The maximum atomic E-state index is 13.7. The van der Waals surface area contributed by atoms with Gasteiger partial charge >= 0.3 is 0 Å². The zero-order valence-electron chi connectivity index (χ0n) is 24.2. The minimum atomic E-state index is -1.05. The average Bonchev–Trinajstić information content (AvgIpc) is 3.51. The summed E-state index contributed by atoms with van der Waals surface area (Å²) in [6.07, 6.45) is 1.49. The zero-order valence-corrected chi connectivity index (χ0v) is 24.2. The maximum Gasteiger partial charge on any atom is 0.243 e. The quantitative estimate of drug-likeness (QED) is 0.217. The molecule has 5 atom stereocenters. The van der Waals surface area contributed by atoms with Gasteiger partial charge in [0.05, 0.1) is 6.04 Å². The number of likely N-dealkylation sites (tertiary alicyclic amines) is 1. The van der Waals surface area contributed by atoms with E-state index in [1.165, 1.54) is 17.0 Å². The van der Waals surface area contributed by atoms with E-state index in [2.05, 4.69) is 10.6 Å². The van der Waals surface area contributed by atoms with Gasteiger partial charge in [-0.15, -0.1) is 0 Å². The molecule has 1 heterocycles. The Balaban J connectivity index is 1.50. The van der Waals surface area contributed by atoms with Crippen molar-refractivity contribution in [2.45, 2.75) is 62.7 Å². The number of aromatic hydroxyl groups is 1. The molecular weight excluding hydrogens is 546 g/mol. The number of hydrogen-bond acceptors (Lipinski definition) is 6. The number of primary amides is 1. The van der Waals surface area contributed by atoms with Gasteiger partial charge in [-0.1, -0.05) is 79.7 Å². The van der Waals surface area contributed by atoms with Gasteiger partial charge in [-0.2, -0.15) is 0 Å². The van der Waals surface area contributed by atoms with Crippen LogP contribution in [-0.2, 0) is 32.0 Å². The molecular formula is C33H39N5O5. The van der Waals surface area contributed by atoms with Crippen LogP contribution in [0.2, 0.25) is 0 Å². The Kier molecular flexibility index (Phi) is 10.5. The molecule has 10 heteroatoms. The van der Waals surface area contributed by atoms with Gasteiger partial charge in [0, 0.05) is 18.9 Å². The highest BCUT2D eigenvalue weighted by Crippen LogP contribution is 2.23. The highest BCUT2D eigenvalue weighted by atomic mass is 16.3. The summed E-state index contributed by atoms with van der Waals surface area (Å²) in [5, 5.41) is 15.2. The first kappa shape index (κ1) is 31.2. The summed E-state index contributed by atoms with van der Waals surface area (Å²) in [5.74, 6) is -2.42. The van der Waals surface area contributed by atoms with Crippen LogP contribution in [0.1, 0.15) is 42.4 Å². The van der Waals surface area contributed by atoms with E-state index >= 15 is 0 Å². The second kappa shape index (κ2) is 14.5. The average molecular weight is 586 g/mol. The number of benzene rings is 3. The van der Waals surface area contributed by atoms with Crippen molar-refractivity contribution in [3.05, 3.63) is 102 Å². The standard InChI is InChI=1S/C33H39N5O5/c1-21(24-11-6-3-7-12-24)29(32(42)36-27(30(35)40)20-22-9-4-2-5-10-22)37-31(41)28-13-8-18-38(28)33(43)26(34)19-23-14-16-25(39)17-15-23/h2-7,9-12,14-17,21,26-29,39H,8,13,18-20,34H2,1H3,(H2,35,40)(H,36,42)(H,37,41)/t21-,26-,27-,28-,29-/m0/s1. The van der Waals surface area contributed by atoms with Gasteiger partial charge in [0.2, 0.25) is 23.6 Å². The first-order valence-corrected chi connectivity index (χ1v) is 14.5. The number of phenols is 1. The summed E-state index contributed by atoms with van der Waals surface area (Å²) in [6.45, 7) is 2.19. The zero-order chi connectivity index (χ0) is 30.9. The fourth-order valence-corrected chi connectivity index (χ4v) is 5.44. The van der Waals surface area contributed by atoms with Gasteiger partial charge in [-0.05, 0) is 48.1 Å². The Hall–Kier alpha value is -4.70. The predicted molar refractivity (Wildman–Crippen MR) is 163 cm³/mol. The van der Waals surface area contributed by atoms with Crippen molar-refractivity contribution in [2.24, 2.45) is 11.5 Å². The van der Waals surface area contributed by atoms with E-state index in [1.807, 2.05) is 67.6 Å². The van der Waals surface area contributed by atoms with Crippen LogP contribution in [0.5, 0.6) is 5.75 Å². The van der Waals surface area contributed by atoms with Crippen LogP contribution >= 0.6 is 0 Å². The fourth-order valence-electron chi connectivity index (χ4n) is 5.44. The molecule has 0 radical (unpaired) electrons. The summed E-state index contributed by atoms with van der Waals surface area (Å²) >= 11 is 0. The Morgan fingerprint density at radius 2 is 1.49 bits per heavy atom. The SMILES string of the molecule is C[C@@H](c1ccccc1)[C@H](NC(=O)[C@@H]1CCCN1C(=O)[C@@H](N)Cc1ccc(O)cc1)C(=O)N[C@@H](Cc1ccccc1)C(N)=O. The van der Waals surface area contributed by atoms with Crippen molar-refractivity contribution in [3.8, 4) is 5.75 Å². The number of nitrogens with two attached hydrogens (primary N) is 2. The molecule has 0 bridgehead atoms. The summed E-state index contributed by atoms with van der Waals surface area (Å²) in [6, 6.07) is 21.2. The highest BCUT2D eigenvalue weighted by Gasteiger charge is 2.39. The molecule has 0 saturated carbocycles. The third kappa shape index (κ3) is 8.20. The number of phenolic OH excluding ortho intramolecular Hbond substituents is 1. The lowest BCUT2D eigenvalue weighted by molar-refractivity contribution is -0.140. The number of amides is 4. The summed E-state index contributed by atoms with van der Waals surface area (Å²) < 4.78 is 0. The molecule has 10 nitrogen and oxygen atoms in total. The topological polar surface area (TPSA) is 168 Å². The van der Waals surface area contributed by atoms with E-state index in [0.717, 1.165) is 16.7 Å². The third-order valence-electron chi connectivity index (χ3n) is 7.90. The van der Waals surface area contributed by atoms with Crippen molar-refractivity contribution < 1.29 is 24.3 Å². The molecule has 0 aromatic heterocycles. The monoisotopic (exact) mass is 585 g/mol. The number of nitrogens with zero attached hydrogens (tertiary/aromatic N) is 1. The second-order valence-corrected chi connectivity index (χ2v) is 11.0. The van der Waals surface area contributed by atoms with Crippen LogP contribution in [0.15, 0.2) is 84.9 Å². The summed E-state index contributed by atoms with van der Waals surface area (Å²) in [7, 11) is 0. The first-order valence-electron chi connectivity index (χ1n) is 14.5. The molecule has 43 heavy (non-hydrogen) atoms. The van der Waals surface area contributed by atoms with Gasteiger partial charge in [-0.3, -0.25) is 19.2 Å². The Morgan fingerprint density at radius 1 is 0.884 bits per heavy atom. The lowest BCUT2D eigenvalue weighted by atomic mass is 9.91. The van der Waals surface area contributed by atoms with Crippen LogP contribution in [-0.4, -0.2) is 64.3 Å². The number of rotatable bonds is 12. The van der Waals surface area contributed by atoms with Gasteiger partial charge in [0.1, 0.15) is 23.9 Å². The molecule has 1 aliphatic heterocycles. The molecule has 3 aromatic rings. The molecule has 1 saturated heterocycles. The van der Waals surface area contributed by atoms with Crippen molar-refractivity contribution in [3.63, 3.8) is 0 Å². The second-order valence-electron chi connectivity index (χ2n) is 11.0. The van der Waals surface area contributed by atoms with Crippen LogP contribution in [0, 0.1) is 0 Å². The molecule has 4 rings (SSSR count). The molecule has 0 aliphatic carbocycles. The van der Waals surface area contributed by atoms with E-state index in [-0.39, 0.29) is 24.5 Å². The molecule has 0 spiro atoms. The Bertz CT molecular complexity index is 1400. The Morgan fingerprint density at radius 3 is 2.12 bits per heavy atom. The first-order chi connectivity index (χ1) is 20.6. The minimum absolute atomic E-state index is 0.116. The van der Waals surface area contributed by atoms with Crippen LogP contribution in [0.4, 0.5) is 0 Å². The van der Waals surface area contributed by atoms with E-state index in [9.17, 15) is 24.3 Å². The van der Waals surface area contributed by atoms with Crippen LogP contribution in [0.3, 0.4) is 0 Å². The lowest BCUT2D eigenvalue weighted by Crippen LogP contribution is -2.58. The summed E-state index contributed by atoms with van der Waals surface area (Å²) in [4.78, 5) is 54.5. The molecule has 1 aliphatic rings. The molecule has 3 aromatic carbocycles.